The Morgan fingerprint density at radius 3 is 2.44 bits per heavy atom. The Kier molecular flexibility index (Phi) is 4.86. The van der Waals surface area contributed by atoms with Crippen molar-refractivity contribution in [1.29, 1.82) is 0 Å². The number of ether oxygens (including phenoxy) is 2. The summed E-state index contributed by atoms with van der Waals surface area (Å²) in [6, 6.07) is 14.2. The van der Waals surface area contributed by atoms with Crippen LogP contribution in [0.4, 0.5) is 0 Å². The van der Waals surface area contributed by atoms with Gasteiger partial charge in [-0.05, 0) is 48.7 Å². The molecule has 0 amide bonds. The molecule has 0 atom stereocenters. The van der Waals surface area contributed by atoms with E-state index >= 15 is 0 Å². The van der Waals surface area contributed by atoms with Gasteiger partial charge in [0.2, 0.25) is 5.89 Å². The molecule has 0 unspecified atom stereocenters. The second-order valence-corrected chi connectivity index (χ2v) is 6.82. The Labute approximate surface area is 159 Å². The second-order valence-electron chi connectivity index (χ2n) is 6.82. The lowest BCUT2D eigenvalue weighted by atomic mass is 9.98. The summed E-state index contributed by atoms with van der Waals surface area (Å²) in [5, 5.41) is 0. The van der Waals surface area contributed by atoms with Crippen LogP contribution in [0, 0.1) is 6.92 Å². The van der Waals surface area contributed by atoms with E-state index in [1.54, 1.807) is 14.2 Å². The first-order chi connectivity index (χ1) is 13.2. The number of benzene rings is 2. The van der Waals surface area contributed by atoms with E-state index in [1.165, 1.54) is 11.1 Å². The molecule has 0 aliphatic carbocycles. The summed E-state index contributed by atoms with van der Waals surface area (Å²) in [7, 11) is 3.35. The third-order valence-corrected chi connectivity index (χ3v) is 5.08. The van der Waals surface area contributed by atoms with Crippen molar-refractivity contribution in [2.75, 3.05) is 20.8 Å². The van der Waals surface area contributed by atoms with Gasteiger partial charge in [-0.1, -0.05) is 18.2 Å². The normalized spacial score (nSPS) is 14.0. The third kappa shape index (κ3) is 3.55. The molecule has 5 heteroatoms. The molecule has 140 valence electrons. The van der Waals surface area contributed by atoms with E-state index in [4.69, 9.17) is 18.9 Å². The third-order valence-electron chi connectivity index (χ3n) is 5.08. The summed E-state index contributed by atoms with van der Waals surface area (Å²) in [5.41, 5.74) is 4.61. The first-order valence-corrected chi connectivity index (χ1v) is 9.15. The van der Waals surface area contributed by atoms with Gasteiger partial charge in [-0.3, -0.25) is 4.90 Å². The van der Waals surface area contributed by atoms with Gasteiger partial charge in [-0.15, -0.1) is 0 Å². The van der Waals surface area contributed by atoms with Crippen LogP contribution in [0.1, 0.15) is 22.6 Å². The Balaban J connectivity index is 1.53. The maximum absolute atomic E-state index is 5.90. The van der Waals surface area contributed by atoms with Gasteiger partial charge in [-0.25, -0.2) is 4.98 Å². The zero-order chi connectivity index (χ0) is 18.8. The topological polar surface area (TPSA) is 47.7 Å². The van der Waals surface area contributed by atoms with Crippen molar-refractivity contribution in [2.45, 2.75) is 26.4 Å². The summed E-state index contributed by atoms with van der Waals surface area (Å²) in [6.07, 6.45) is 0.984. The quantitative estimate of drug-likeness (QED) is 0.678. The molecule has 0 N–H and O–H groups in total. The second kappa shape index (κ2) is 7.45. The van der Waals surface area contributed by atoms with Gasteiger partial charge in [0, 0.05) is 25.2 Å². The zero-order valence-corrected chi connectivity index (χ0v) is 16.0. The van der Waals surface area contributed by atoms with Crippen molar-refractivity contribution in [3.05, 3.63) is 65.0 Å². The summed E-state index contributed by atoms with van der Waals surface area (Å²) < 4.78 is 16.8. The van der Waals surface area contributed by atoms with Crippen LogP contribution >= 0.6 is 0 Å². The Hall–Kier alpha value is -2.79. The number of aryl methyl sites for hydroxylation is 1. The van der Waals surface area contributed by atoms with Crippen molar-refractivity contribution in [3.8, 4) is 23.0 Å². The van der Waals surface area contributed by atoms with E-state index in [1.807, 2.05) is 37.3 Å². The summed E-state index contributed by atoms with van der Waals surface area (Å²) in [4.78, 5) is 7.13. The van der Waals surface area contributed by atoms with Gasteiger partial charge < -0.3 is 13.9 Å². The van der Waals surface area contributed by atoms with Crippen molar-refractivity contribution in [1.82, 2.24) is 9.88 Å². The van der Waals surface area contributed by atoms with E-state index in [9.17, 15) is 0 Å². The van der Waals surface area contributed by atoms with Gasteiger partial charge in [0.25, 0.3) is 0 Å². The van der Waals surface area contributed by atoms with Gasteiger partial charge in [0.1, 0.15) is 5.76 Å². The van der Waals surface area contributed by atoms with Crippen LogP contribution in [-0.2, 0) is 19.5 Å². The lowest BCUT2D eigenvalue weighted by molar-refractivity contribution is 0.240. The molecule has 0 spiro atoms. The molecule has 4 rings (SSSR count). The number of nitrogens with zero attached hydrogens (tertiary/aromatic N) is 2. The van der Waals surface area contributed by atoms with Crippen LogP contribution in [0.3, 0.4) is 0 Å². The van der Waals surface area contributed by atoms with Gasteiger partial charge in [-0.2, -0.15) is 0 Å². The highest BCUT2D eigenvalue weighted by atomic mass is 16.5. The average molecular weight is 364 g/mol. The number of hydrogen-bond acceptors (Lipinski definition) is 5. The highest BCUT2D eigenvalue weighted by Crippen LogP contribution is 2.33. The molecule has 0 fully saturated rings. The molecule has 3 aromatic rings. The van der Waals surface area contributed by atoms with Gasteiger partial charge in [0.15, 0.2) is 11.5 Å². The fraction of sp³-hybridized carbons (Fsp3) is 0.318. The van der Waals surface area contributed by atoms with Gasteiger partial charge in [0.05, 0.1) is 19.9 Å². The van der Waals surface area contributed by atoms with Crippen LogP contribution < -0.4 is 9.47 Å². The van der Waals surface area contributed by atoms with Crippen molar-refractivity contribution in [3.63, 3.8) is 0 Å². The largest absolute Gasteiger partial charge is 0.493 e. The fourth-order valence-electron chi connectivity index (χ4n) is 3.57. The van der Waals surface area contributed by atoms with Crippen LogP contribution in [0.2, 0.25) is 0 Å². The average Bonchev–Trinajstić information content (AvgIpc) is 3.08. The van der Waals surface area contributed by atoms with Crippen LogP contribution in [0.15, 0.2) is 46.9 Å². The first-order valence-electron chi connectivity index (χ1n) is 9.15. The highest BCUT2D eigenvalue weighted by Gasteiger charge is 2.21. The highest BCUT2D eigenvalue weighted by molar-refractivity contribution is 5.53. The van der Waals surface area contributed by atoms with E-state index in [0.717, 1.165) is 54.6 Å². The number of aromatic nitrogens is 1. The molecule has 1 aliphatic heterocycles. The number of fused-ring (bicyclic) bond motifs is 1. The smallest absolute Gasteiger partial charge is 0.226 e. The minimum Gasteiger partial charge on any atom is -0.493 e. The molecular formula is C22H24N2O3. The molecule has 2 aromatic carbocycles. The lowest BCUT2D eigenvalue weighted by Crippen LogP contribution is -2.30. The number of hydrogen-bond donors (Lipinski definition) is 0. The standard InChI is InChI=1S/C22H24N2O3/c1-15-19(23-22(27-15)16-7-5-4-6-8-16)14-24-10-9-17-11-20(25-2)21(26-3)12-18(17)13-24/h4-8,11-12H,9-10,13-14H2,1-3H3. The van der Waals surface area contributed by atoms with E-state index in [0.29, 0.717) is 5.89 Å². The maximum atomic E-state index is 5.90. The number of methoxy groups -OCH3 is 2. The SMILES string of the molecule is COc1cc2c(cc1OC)CN(Cc1nc(-c3ccccc3)oc1C)CC2. The van der Waals surface area contributed by atoms with Crippen molar-refractivity contribution >= 4 is 0 Å². The summed E-state index contributed by atoms with van der Waals surface area (Å²) in [6.45, 7) is 4.61. The molecule has 0 bridgehead atoms. The minimum atomic E-state index is 0.687. The van der Waals surface area contributed by atoms with Crippen molar-refractivity contribution in [2.24, 2.45) is 0 Å². The molecular weight excluding hydrogens is 340 g/mol. The molecule has 1 aliphatic rings. The van der Waals surface area contributed by atoms with Crippen LogP contribution in [0.5, 0.6) is 11.5 Å². The molecule has 2 heterocycles. The molecule has 1 aromatic heterocycles. The van der Waals surface area contributed by atoms with Crippen molar-refractivity contribution < 1.29 is 13.9 Å². The van der Waals surface area contributed by atoms with Gasteiger partial charge >= 0.3 is 0 Å². The lowest BCUT2D eigenvalue weighted by Gasteiger charge is -2.29. The Bertz CT molecular complexity index is 934. The van der Waals surface area contributed by atoms with Crippen LogP contribution in [-0.4, -0.2) is 30.6 Å². The summed E-state index contributed by atoms with van der Waals surface area (Å²) >= 11 is 0. The molecule has 5 nitrogen and oxygen atoms in total. The van der Waals surface area contributed by atoms with E-state index in [-0.39, 0.29) is 0 Å². The predicted octanol–water partition coefficient (Wildman–Crippen LogP) is 4.23. The van der Waals surface area contributed by atoms with E-state index in [2.05, 4.69) is 17.0 Å². The minimum absolute atomic E-state index is 0.687. The molecule has 0 saturated carbocycles. The molecule has 0 saturated heterocycles. The molecule has 0 radical (unpaired) electrons. The summed E-state index contributed by atoms with van der Waals surface area (Å²) in [5.74, 6) is 3.14. The Morgan fingerprint density at radius 1 is 1.04 bits per heavy atom. The predicted molar refractivity (Wildman–Crippen MR) is 104 cm³/mol. The van der Waals surface area contributed by atoms with Crippen LogP contribution in [0.25, 0.3) is 11.5 Å². The molecule has 27 heavy (non-hydrogen) atoms. The monoisotopic (exact) mass is 364 g/mol. The Morgan fingerprint density at radius 2 is 1.74 bits per heavy atom. The van der Waals surface area contributed by atoms with E-state index < -0.39 is 0 Å². The first kappa shape index (κ1) is 17.6. The number of rotatable bonds is 5. The maximum Gasteiger partial charge on any atom is 0.226 e. The zero-order valence-electron chi connectivity index (χ0n) is 16.0. The fourth-order valence-corrected chi connectivity index (χ4v) is 3.57. The number of oxazole rings is 1.